The zero-order chi connectivity index (χ0) is 19.4. The summed E-state index contributed by atoms with van der Waals surface area (Å²) in [5, 5.41) is 4.10. The Morgan fingerprint density at radius 3 is 2.85 bits per heavy atom. The van der Waals surface area contributed by atoms with Crippen molar-refractivity contribution in [1.82, 2.24) is 14.9 Å². The Bertz CT molecular complexity index is 872. The van der Waals surface area contributed by atoms with E-state index in [0.717, 1.165) is 42.3 Å². The molecule has 0 aromatic carbocycles. The minimum absolute atomic E-state index is 0.0111. The zero-order valence-electron chi connectivity index (χ0n) is 16.5. The van der Waals surface area contributed by atoms with Gasteiger partial charge in [-0.2, -0.15) is 0 Å². The largest absolute Gasteiger partial charge is 0.355 e. The molecule has 1 N–H and O–H groups in total. The first kappa shape index (κ1) is 20.4. The molecule has 0 spiro atoms. The first-order valence-electron chi connectivity index (χ1n) is 10.1. The number of carbonyl (C=O) groups excluding carboxylic acids is 1. The lowest BCUT2D eigenvalue weighted by molar-refractivity contribution is -0.120. The topological polar surface area (TPSA) is 64.0 Å². The smallest absolute Gasteiger partial charge is 0.263 e. The standard InChI is InChI=1S/C20H29N3O2S2/c1-4-6-7-8-12-23-19(25)16-14-10-9-11-15(14)27-18(16)22-20(23)26-13(3)17(24)21-5-2/h13H,4-12H2,1-3H3,(H,21,24)/t13-/m0/s1. The van der Waals surface area contributed by atoms with Crippen LogP contribution in [0.4, 0.5) is 0 Å². The number of rotatable bonds is 9. The van der Waals surface area contributed by atoms with E-state index in [0.29, 0.717) is 18.2 Å². The molecule has 1 atom stereocenters. The van der Waals surface area contributed by atoms with Gasteiger partial charge in [-0.1, -0.05) is 37.9 Å². The van der Waals surface area contributed by atoms with Gasteiger partial charge in [-0.25, -0.2) is 4.98 Å². The van der Waals surface area contributed by atoms with Gasteiger partial charge in [0.25, 0.3) is 5.56 Å². The highest BCUT2D eigenvalue weighted by Gasteiger charge is 2.24. The fourth-order valence-electron chi connectivity index (χ4n) is 3.57. The third kappa shape index (κ3) is 4.40. The average Bonchev–Trinajstić information content (AvgIpc) is 3.21. The van der Waals surface area contributed by atoms with E-state index >= 15 is 0 Å². The fraction of sp³-hybridized carbons (Fsp3) is 0.650. The van der Waals surface area contributed by atoms with E-state index in [1.165, 1.54) is 35.0 Å². The summed E-state index contributed by atoms with van der Waals surface area (Å²) in [6, 6.07) is 0. The number of hydrogen-bond donors (Lipinski definition) is 1. The minimum Gasteiger partial charge on any atom is -0.355 e. The van der Waals surface area contributed by atoms with Crippen molar-refractivity contribution in [2.24, 2.45) is 0 Å². The van der Waals surface area contributed by atoms with Gasteiger partial charge in [0.1, 0.15) is 4.83 Å². The van der Waals surface area contributed by atoms with Crippen LogP contribution >= 0.6 is 23.1 Å². The number of thiophene rings is 1. The number of unbranched alkanes of at least 4 members (excludes halogenated alkanes) is 3. The molecule has 5 nitrogen and oxygen atoms in total. The number of aromatic nitrogens is 2. The Hall–Kier alpha value is -1.34. The summed E-state index contributed by atoms with van der Waals surface area (Å²) >= 11 is 3.06. The number of aryl methyl sites for hydroxylation is 2. The molecule has 0 fully saturated rings. The van der Waals surface area contributed by atoms with Crippen LogP contribution in [0, 0.1) is 0 Å². The van der Waals surface area contributed by atoms with Crippen LogP contribution in [0.3, 0.4) is 0 Å². The Balaban J connectivity index is 1.96. The molecule has 2 heterocycles. The second kappa shape index (κ2) is 9.24. The number of thioether (sulfide) groups is 1. The van der Waals surface area contributed by atoms with E-state index in [1.807, 2.05) is 18.4 Å². The Morgan fingerprint density at radius 1 is 1.30 bits per heavy atom. The third-order valence-electron chi connectivity index (χ3n) is 5.03. The third-order valence-corrected chi connectivity index (χ3v) is 7.30. The van der Waals surface area contributed by atoms with Crippen molar-refractivity contribution in [3.05, 3.63) is 20.8 Å². The zero-order valence-corrected chi connectivity index (χ0v) is 18.1. The minimum atomic E-state index is -0.275. The van der Waals surface area contributed by atoms with Crippen LogP contribution < -0.4 is 10.9 Å². The highest BCUT2D eigenvalue weighted by atomic mass is 32.2. The SMILES string of the molecule is CCCCCCn1c(S[C@@H](C)C(=O)NCC)nc2sc3c(c2c1=O)CCC3. The molecule has 1 aliphatic carbocycles. The lowest BCUT2D eigenvalue weighted by Crippen LogP contribution is -2.31. The van der Waals surface area contributed by atoms with Gasteiger partial charge in [0.2, 0.25) is 5.91 Å². The van der Waals surface area contributed by atoms with E-state index in [9.17, 15) is 9.59 Å². The molecule has 1 amide bonds. The molecule has 148 valence electrons. The van der Waals surface area contributed by atoms with Crippen molar-refractivity contribution in [3.8, 4) is 0 Å². The van der Waals surface area contributed by atoms with Gasteiger partial charge in [-0.3, -0.25) is 14.2 Å². The second-order valence-corrected chi connectivity index (χ2v) is 9.50. The quantitative estimate of drug-likeness (QED) is 0.385. The highest BCUT2D eigenvalue weighted by Crippen LogP contribution is 2.36. The van der Waals surface area contributed by atoms with Crippen molar-refractivity contribution < 1.29 is 4.79 Å². The fourth-order valence-corrected chi connectivity index (χ4v) is 5.83. The summed E-state index contributed by atoms with van der Waals surface area (Å²) in [4.78, 5) is 32.5. The van der Waals surface area contributed by atoms with Crippen LogP contribution in [0.15, 0.2) is 9.95 Å². The number of nitrogens with one attached hydrogen (secondary N) is 1. The van der Waals surface area contributed by atoms with Gasteiger partial charge in [-0.15, -0.1) is 11.3 Å². The van der Waals surface area contributed by atoms with Crippen molar-refractivity contribution in [2.45, 2.75) is 82.7 Å². The van der Waals surface area contributed by atoms with E-state index in [1.54, 1.807) is 11.3 Å². The van der Waals surface area contributed by atoms with Gasteiger partial charge in [-0.05, 0) is 45.1 Å². The summed E-state index contributed by atoms with van der Waals surface area (Å²) in [5.74, 6) is -0.0111. The maximum absolute atomic E-state index is 13.3. The van der Waals surface area contributed by atoms with Crippen molar-refractivity contribution >= 4 is 39.2 Å². The van der Waals surface area contributed by atoms with Gasteiger partial charge < -0.3 is 5.32 Å². The number of carbonyl (C=O) groups is 1. The molecule has 2 aromatic heterocycles. The highest BCUT2D eigenvalue weighted by molar-refractivity contribution is 8.00. The summed E-state index contributed by atoms with van der Waals surface area (Å²) < 4.78 is 1.82. The molecule has 0 bridgehead atoms. The van der Waals surface area contributed by atoms with Crippen molar-refractivity contribution in [2.75, 3.05) is 6.54 Å². The maximum atomic E-state index is 13.3. The van der Waals surface area contributed by atoms with E-state index in [-0.39, 0.29) is 16.7 Å². The number of hydrogen-bond acceptors (Lipinski definition) is 5. The van der Waals surface area contributed by atoms with Gasteiger partial charge >= 0.3 is 0 Å². The maximum Gasteiger partial charge on any atom is 0.263 e. The van der Waals surface area contributed by atoms with Crippen LogP contribution in [-0.4, -0.2) is 27.3 Å². The summed E-state index contributed by atoms with van der Waals surface area (Å²) in [7, 11) is 0. The molecular formula is C20H29N3O2S2. The summed E-state index contributed by atoms with van der Waals surface area (Å²) in [6.45, 7) is 7.26. The lowest BCUT2D eigenvalue weighted by Gasteiger charge is -2.15. The molecule has 7 heteroatoms. The number of amides is 1. The molecule has 0 radical (unpaired) electrons. The lowest BCUT2D eigenvalue weighted by atomic mass is 10.2. The second-order valence-electron chi connectivity index (χ2n) is 7.10. The van der Waals surface area contributed by atoms with Gasteiger partial charge in [0, 0.05) is 18.0 Å². The monoisotopic (exact) mass is 407 g/mol. The molecule has 0 aliphatic heterocycles. The predicted octanol–water partition coefficient (Wildman–Crippen LogP) is 4.14. The average molecular weight is 408 g/mol. The normalized spacial score (nSPS) is 14.5. The van der Waals surface area contributed by atoms with Crippen molar-refractivity contribution in [1.29, 1.82) is 0 Å². The van der Waals surface area contributed by atoms with Crippen LogP contribution in [0.5, 0.6) is 0 Å². The first-order valence-corrected chi connectivity index (χ1v) is 11.8. The number of nitrogens with zero attached hydrogens (tertiary/aromatic N) is 2. The Morgan fingerprint density at radius 2 is 2.11 bits per heavy atom. The molecule has 2 aromatic rings. The van der Waals surface area contributed by atoms with Crippen LogP contribution in [0.2, 0.25) is 0 Å². The van der Waals surface area contributed by atoms with Crippen LogP contribution in [0.25, 0.3) is 10.2 Å². The molecule has 0 saturated heterocycles. The van der Waals surface area contributed by atoms with Crippen LogP contribution in [0.1, 0.15) is 63.3 Å². The van der Waals surface area contributed by atoms with E-state index in [2.05, 4.69) is 12.2 Å². The van der Waals surface area contributed by atoms with E-state index < -0.39 is 0 Å². The summed E-state index contributed by atoms with van der Waals surface area (Å²) in [6.07, 6.45) is 7.61. The van der Waals surface area contributed by atoms with Gasteiger partial charge in [0.05, 0.1) is 10.6 Å². The Kier molecular flexibility index (Phi) is 6.98. The predicted molar refractivity (Wildman–Crippen MR) is 114 cm³/mol. The molecule has 0 saturated carbocycles. The Labute approximate surface area is 169 Å². The first-order chi connectivity index (χ1) is 13.1. The molecule has 1 aliphatic rings. The van der Waals surface area contributed by atoms with Gasteiger partial charge in [0.15, 0.2) is 5.16 Å². The van der Waals surface area contributed by atoms with Crippen LogP contribution in [-0.2, 0) is 24.2 Å². The summed E-state index contributed by atoms with van der Waals surface area (Å²) in [5.41, 5.74) is 1.31. The molecular weight excluding hydrogens is 378 g/mol. The number of fused-ring (bicyclic) bond motifs is 3. The molecule has 0 unspecified atom stereocenters. The molecule has 3 rings (SSSR count). The molecule has 27 heavy (non-hydrogen) atoms. The van der Waals surface area contributed by atoms with E-state index in [4.69, 9.17) is 4.98 Å². The van der Waals surface area contributed by atoms with Crippen molar-refractivity contribution in [3.63, 3.8) is 0 Å².